The summed E-state index contributed by atoms with van der Waals surface area (Å²) in [6, 6.07) is -0.312. The zero-order valence-electron chi connectivity index (χ0n) is 4.57. The van der Waals surface area contributed by atoms with Gasteiger partial charge in [0.25, 0.3) is 0 Å². The Bertz CT molecular complexity index is 66.2. The minimum atomic E-state index is -3.97. The van der Waals surface area contributed by atoms with Crippen molar-refractivity contribution in [3.8, 4) is 0 Å². The molecule has 0 saturated carbocycles. The molecule has 50 valence electrons. The molecule has 0 radical (unpaired) electrons. The van der Waals surface area contributed by atoms with Gasteiger partial charge in [-0.25, -0.2) is 0 Å². The van der Waals surface area contributed by atoms with Crippen LogP contribution in [0.15, 0.2) is 0 Å². The molecule has 4 N–H and O–H groups in total. The monoisotopic (exact) mass is 138 g/mol. The Labute approximate surface area is 48.4 Å². The van der Waals surface area contributed by atoms with E-state index in [0.29, 0.717) is 0 Å². The average molecular weight is 138 g/mol. The van der Waals surface area contributed by atoms with Gasteiger partial charge in [-0.3, -0.25) is 0 Å². The van der Waals surface area contributed by atoms with Crippen LogP contribution in [0.1, 0.15) is 6.92 Å². The van der Waals surface area contributed by atoms with E-state index in [1.807, 2.05) is 0 Å². The summed E-state index contributed by atoms with van der Waals surface area (Å²) in [7, 11) is -3.97. The molecule has 0 spiro atoms. The van der Waals surface area contributed by atoms with Crippen LogP contribution in [0.2, 0.25) is 6.04 Å². The maximum absolute atomic E-state index is 8.44. The Morgan fingerprint density at radius 1 is 1.38 bits per heavy atom. The van der Waals surface area contributed by atoms with E-state index in [1.54, 1.807) is 0 Å². The quantitative estimate of drug-likeness (QED) is 0.342. The molecule has 0 aliphatic rings. The molecule has 8 heavy (non-hydrogen) atoms. The first-order valence-electron chi connectivity index (χ1n) is 2.27. The van der Waals surface area contributed by atoms with Crippen molar-refractivity contribution in [2.45, 2.75) is 19.1 Å². The highest BCUT2D eigenvalue weighted by molar-refractivity contribution is 6.56. The highest BCUT2D eigenvalue weighted by atomic mass is 28.4. The van der Waals surface area contributed by atoms with Crippen molar-refractivity contribution in [2.75, 3.05) is 0 Å². The molecule has 1 atom stereocenters. The van der Waals surface area contributed by atoms with Crippen LogP contribution >= 0.6 is 0 Å². The van der Waals surface area contributed by atoms with Gasteiger partial charge in [-0.1, -0.05) is 0 Å². The lowest BCUT2D eigenvalue weighted by Gasteiger charge is -2.09. The second-order valence-corrected chi connectivity index (χ2v) is 3.78. The maximum Gasteiger partial charge on any atom is 0.495 e. The molecule has 5 heteroatoms. The SMILES string of the molecule is CC(O)C[Si](O)(O)O. The fourth-order valence-corrected chi connectivity index (χ4v) is 1.19. The summed E-state index contributed by atoms with van der Waals surface area (Å²) in [6.07, 6.45) is -0.846. The minimum absolute atomic E-state index is 0.312. The third-order valence-corrected chi connectivity index (χ3v) is 1.71. The van der Waals surface area contributed by atoms with Crippen LogP contribution < -0.4 is 0 Å². The van der Waals surface area contributed by atoms with Crippen LogP contribution in [-0.2, 0) is 0 Å². The van der Waals surface area contributed by atoms with Gasteiger partial charge < -0.3 is 19.5 Å². The van der Waals surface area contributed by atoms with E-state index in [0.717, 1.165) is 0 Å². The van der Waals surface area contributed by atoms with E-state index in [9.17, 15) is 0 Å². The molecule has 0 aromatic carbocycles. The number of aliphatic hydroxyl groups is 1. The molecule has 0 bridgehead atoms. The number of hydrogen-bond donors (Lipinski definition) is 4. The molecule has 4 nitrogen and oxygen atoms in total. The molecule has 0 saturated heterocycles. The Hall–Kier alpha value is 0.0569. The van der Waals surface area contributed by atoms with Crippen molar-refractivity contribution in [2.24, 2.45) is 0 Å². The summed E-state index contributed by atoms with van der Waals surface area (Å²) in [5.74, 6) is 0. The Morgan fingerprint density at radius 3 is 1.75 bits per heavy atom. The predicted molar refractivity (Wildman–Crippen MR) is 28.9 cm³/mol. The van der Waals surface area contributed by atoms with Gasteiger partial charge in [-0.2, -0.15) is 0 Å². The van der Waals surface area contributed by atoms with E-state index in [4.69, 9.17) is 19.5 Å². The topological polar surface area (TPSA) is 80.9 Å². The van der Waals surface area contributed by atoms with Crippen LogP contribution in [0, 0.1) is 0 Å². The van der Waals surface area contributed by atoms with Crippen LogP contribution in [0.5, 0.6) is 0 Å². The lowest BCUT2D eigenvalue weighted by Crippen LogP contribution is -2.37. The lowest BCUT2D eigenvalue weighted by molar-refractivity contribution is 0.164. The third kappa shape index (κ3) is 6.06. The normalized spacial score (nSPS) is 16.1. The smallest absolute Gasteiger partial charge is 0.393 e. The number of hydrogen-bond acceptors (Lipinski definition) is 4. The molecular weight excluding hydrogens is 128 g/mol. The van der Waals surface area contributed by atoms with Crippen molar-refractivity contribution in [1.82, 2.24) is 0 Å². The first-order chi connectivity index (χ1) is 3.42. The summed E-state index contributed by atoms with van der Waals surface area (Å²) in [6.45, 7) is 1.38. The summed E-state index contributed by atoms with van der Waals surface area (Å²) in [5, 5.41) is 8.44. The molecular formula is C3H10O4Si. The lowest BCUT2D eigenvalue weighted by atomic mass is 10.5. The minimum Gasteiger partial charge on any atom is -0.393 e. The molecule has 0 aromatic rings. The van der Waals surface area contributed by atoms with Gasteiger partial charge in [0.05, 0.1) is 6.10 Å². The number of rotatable bonds is 2. The van der Waals surface area contributed by atoms with Crippen molar-refractivity contribution in [3.63, 3.8) is 0 Å². The zero-order chi connectivity index (χ0) is 6.78. The fraction of sp³-hybridized carbons (Fsp3) is 1.00. The summed E-state index contributed by atoms with van der Waals surface area (Å²) >= 11 is 0. The van der Waals surface area contributed by atoms with Crippen molar-refractivity contribution in [1.29, 1.82) is 0 Å². The first-order valence-corrected chi connectivity index (χ1v) is 4.32. The van der Waals surface area contributed by atoms with Crippen LogP contribution in [0.4, 0.5) is 0 Å². The van der Waals surface area contributed by atoms with E-state index in [1.165, 1.54) is 6.92 Å². The van der Waals surface area contributed by atoms with Crippen molar-refractivity contribution < 1.29 is 19.5 Å². The van der Waals surface area contributed by atoms with E-state index in [2.05, 4.69) is 0 Å². The van der Waals surface area contributed by atoms with Gasteiger partial charge in [-0.05, 0) is 6.92 Å². The van der Waals surface area contributed by atoms with Gasteiger partial charge in [0.15, 0.2) is 0 Å². The standard InChI is InChI=1S/C3H10O4Si/c1-3(4)2-8(5,6)7/h3-7H,2H2,1H3. The maximum atomic E-state index is 8.44. The Kier molecular flexibility index (Phi) is 2.58. The molecule has 0 amide bonds. The highest BCUT2D eigenvalue weighted by Crippen LogP contribution is 1.99. The molecule has 0 aromatic heterocycles. The van der Waals surface area contributed by atoms with Crippen molar-refractivity contribution >= 4 is 8.80 Å². The molecule has 0 aliphatic carbocycles. The van der Waals surface area contributed by atoms with Crippen LogP contribution in [-0.4, -0.2) is 34.4 Å². The van der Waals surface area contributed by atoms with E-state index in [-0.39, 0.29) is 6.04 Å². The van der Waals surface area contributed by atoms with Crippen molar-refractivity contribution in [3.05, 3.63) is 0 Å². The Balaban J connectivity index is 3.39. The predicted octanol–water partition coefficient (Wildman–Crippen LogP) is -1.72. The van der Waals surface area contributed by atoms with Crippen LogP contribution in [0.3, 0.4) is 0 Å². The van der Waals surface area contributed by atoms with Gasteiger partial charge in [0, 0.05) is 6.04 Å². The van der Waals surface area contributed by atoms with E-state index >= 15 is 0 Å². The third-order valence-electron chi connectivity index (χ3n) is 0.569. The molecule has 0 rings (SSSR count). The molecule has 0 heterocycles. The van der Waals surface area contributed by atoms with Gasteiger partial charge in [-0.15, -0.1) is 0 Å². The number of aliphatic hydroxyl groups excluding tert-OH is 1. The van der Waals surface area contributed by atoms with Gasteiger partial charge >= 0.3 is 8.80 Å². The van der Waals surface area contributed by atoms with Crippen LogP contribution in [0.25, 0.3) is 0 Å². The highest BCUT2D eigenvalue weighted by Gasteiger charge is 2.28. The average Bonchev–Trinajstić information content (AvgIpc) is 1.21. The second kappa shape index (κ2) is 2.56. The van der Waals surface area contributed by atoms with Gasteiger partial charge in [0.2, 0.25) is 0 Å². The first kappa shape index (κ1) is 8.06. The fourth-order valence-electron chi connectivity index (χ4n) is 0.396. The summed E-state index contributed by atoms with van der Waals surface area (Å²) < 4.78 is 0. The molecule has 0 fully saturated rings. The summed E-state index contributed by atoms with van der Waals surface area (Å²) in [4.78, 5) is 24.8. The largest absolute Gasteiger partial charge is 0.495 e. The Morgan fingerprint density at radius 2 is 1.75 bits per heavy atom. The zero-order valence-corrected chi connectivity index (χ0v) is 5.57. The summed E-state index contributed by atoms with van der Waals surface area (Å²) in [5.41, 5.74) is 0. The molecule has 0 aliphatic heterocycles. The van der Waals surface area contributed by atoms with E-state index < -0.39 is 14.9 Å². The van der Waals surface area contributed by atoms with Gasteiger partial charge in [0.1, 0.15) is 0 Å². The molecule has 1 unspecified atom stereocenters. The second-order valence-electron chi connectivity index (χ2n) is 1.83.